The number of benzene rings is 1. The fraction of sp³-hybridized carbons (Fsp3) is 0.524. The molecule has 6 heteroatoms. The number of aromatic nitrogens is 1. The number of carbonyl (C=O) groups is 1. The zero-order valence-electron chi connectivity index (χ0n) is 16.4. The van der Waals surface area contributed by atoms with Crippen LogP contribution in [0.25, 0.3) is 0 Å². The lowest BCUT2D eigenvalue weighted by molar-refractivity contribution is 0.167. The molecule has 1 aromatic carbocycles. The smallest absolute Gasteiger partial charge is 0.317 e. The number of amides is 2. The Balaban J connectivity index is 1.38. The lowest BCUT2D eigenvalue weighted by Crippen LogP contribution is -2.44. The van der Waals surface area contributed by atoms with E-state index in [2.05, 4.69) is 45.7 Å². The number of hydrogen-bond acceptors (Lipinski definition) is 4. The molecule has 1 saturated heterocycles. The minimum atomic E-state index is -0.0644. The van der Waals surface area contributed by atoms with Crippen molar-refractivity contribution >= 4 is 6.03 Å². The summed E-state index contributed by atoms with van der Waals surface area (Å²) in [6, 6.07) is 12.4. The summed E-state index contributed by atoms with van der Waals surface area (Å²) >= 11 is 0. The SMILES string of the molecule is Cc1cc(CN(C)C(=O)NCC2CCCN(CCc3ccccc3)C2)on1. The molecule has 146 valence electrons. The summed E-state index contributed by atoms with van der Waals surface area (Å²) in [5.41, 5.74) is 2.22. The average Bonchev–Trinajstić information content (AvgIpc) is 3.10. The summed E-state index contributed by atoms with van der Waals surface area (Å²) in [6.45, 7) is 6.32. The Morgan fingerprint density at radius 3 is 2.93 bits per heavy atom. The molecular weight excluding hydrogens is 340 g/mol. The number of aryl methyl sites for hydroxylation is 1. The van der Waals surface area contributed by atoms with E-state index in [0.717, 1.165) is 38.3 Å². The van der Waals surface area contributed by atoms with E-state index in [1.807, 2.05) is 13.0 Å². The molecular formula is C21H30N4O2. The summed E-state index contributed by atoms with van der Waals surface area (Å²) < 4.78 is 5.18. The van der Waals surface area contributed by atoms with E-state index in [-0.39, 0.29) is 6.03 Å². The lowest BCUT2D eigenvalue weighted by Gasteiger charge is -2.33. The van der Waals surface area contributed by atoms with E-state index >= 15 is 0 Å². The Morgan fingerprint density at radius 1 is 1.37 bits per heavy atom. The summed E-state index contributed by atoms with van der Waals surface area (Å²) in [5.74, 6) is 1.22. The van der Waals surface area contributed by atoms with Gasteiger partial charge in [-0.25, -0.2) is 4.79 Å². The first-order chi connectivity index (χ1) is 13.1. The molecule has 1 aromatic heterocycles. The van der Waals surface area contributed by atoms with Crippen LogP contribution in [0.15, 0.2) is 40.9 Å². The Labute approximate surface area is 161 Å². The molecule has 0 aliphatic carbocycles. The van der Waals surface area contributed by atoms with Crippen LogP contribution in [0, 0.1) is 12.8 Å². The Bertz CT molecular complexity index is 716. The zero-order valence-corrected chi connectivity index (χ0v) is 16.4. The van der Waals surface area contributed by atoms with Crippen molar-refractivity contribution in [3.8, 4) is 0 Å². The van der Waals surface area contributed by atoms with Crippen molar-refractivity contribution in [2.75, 3.05) is 33.2 Å². The first kappa shape index (κ1) is 19.4. The molecule has 0 bridgehead atoms. The number of nitrogens with zero attached hydrogens (tertiary/aromatic N) is 3. The number of urea groups is 1. The molecule has 1 fully saturated rings. The molecule has 1 aliphatic rings. The van der Waals surface area contributed by atoms with Crippen LogP contribution in [0.4, 0.5) is 4.79 Å². The third kappa shape index (κ3) is 6.10. The standard InChI is InChI=1S/C21H30N4O2/c1-17-13-20(27-23-17)16-24(2)21(26)22-14-19-9-6-11-25(15-19)12-10-18-7-4-3-5-8-18/h3-5,7-8,13,19H,6,9-12,14-16H2,1-2H3,(H,22,26). The van der Waals surface area contributed by atoms with Gasteiger partial charge in [0.15, 0.2) is 5.76 Å². The van der Waals surface area contributed by atoms with Gasteiger partial charge >= 0.3 is 6.03 Å². The molecule has 1 atom stereocenters. The van der Waals surface area contributed by atoms with Gasteiger partial charge in [0.1, 0.15) is 0 Å². The van der Waals surface area contributed by atoms with Gasteiger partial charge < -0.3 is 19.6 Å². The van der Waals surface area contributed by atoms with Crippen LogP contribution in [0.1, 0.15) is 29.9 Å². The maximum Gasteiger partial charge on any atom is 0.317 e. The molecule has 0 spiro atoms. The van der Waals surface area contributed by atoms with Gasteiger partial charge in [-0.3, -0.25) is 0 Å². The molecule has 0 saturated carbocycles. The monoisotopic (exact) mass is 370 g/mol. The van der Waals surface area contributed by atoms with Gasteiger partial charge in [0.05, 0.1) is 12.2 Å². The van der Waals surface area contributed by atoms with Crippen molar-refractivity contribution in [1.29, 1.82) is 0 Å². The van der Waals surface area contributed by atoms with Crippen molar-refractivity contribution in [3.63, 3.8) is 0 Å². The van der Waals surface area contributed by atoms with Crippen molar-refractivity contribution in [1.82, 2.24) is 20.3 Å². The van der Waals surface area contributed by atoms with Gasteiger partial charge in [0.2, 0.25) is 0 Å². The highest BCUT2D eigenvalue weighted by molar-refractivity contribution is 5.73. The number of rotatable bonds is 7. The summed E-state index contributed by atoms with van der Waals surface area (Å²) in [4.78, 5) is 16.5. The highest BCUT2D eigenvalue weighted by Gasteiger charge is 2.21. The first-order valence-electron chi connectivity index (χ1n) is 9.77. The van der Waals surface area contributed by atoms with E-state index in [9.17, 15) is 4.79 Å². The van der Waals surface area contributed by atoms with Crippen LogP contribution in [-0.2, 0) is 13.0 Å². The van der Waals surface area contributed by atoms with Gasteiger partial charge in [-0.15, -0.1) is 0 Å². The van der Waals surface area contributed by atoms with Gasteiger partial charge in [-0.2, -0.15) is 0 Å². The number of likely N-dealkylation sites (tertiary alicyclic amines) is 1. The Morgan fingerprint density at radius 2 is 2.19 bits per heavy atom. The summed E-state index contributed by atoms with van der Waals surface area (Å²) in [5, 5.41) is 6.93. The van der Waals surface area contributed by atoms with Crippen molar-refractivity contribution in [2.24, 2.45) is 5.92 Å². The number of hydrogen-bond donors (Lipinski definition) is 1. The van der Waals surface area contributed by atoms with Crippen LogP contribution in [0.2, 0.25) is 0 Å². The topological polar surface area (TPSA) is 61.6 Å². The maximum atomic E-state index is 12.3. The highest BCUT2D eigenvalue weighted by Crippen LogP contribution is 2.16. The second-order valence-corrected chi connectivity index (χ2v) is 7.52. The number of nitrogens with one attached hydrogen (secondary N) is 1. The normalized spacial score (nSPS) is 17.6. The second kappa shape index (κ2) is 9.55. The van der Waals surface area contributed by atoms with E-state index in [1.54, 1.807) is 11.9 Å². The molecule has 6 nitrogen and oxygen atoms in total. The molecule has 2 heterocycles. The Kier molecular flexibility index (Phi) is 6.87. The third-order valence-electron chi connectivity index (χ3n) is 5.12. The van der Waals surface area contributed by atoms with Crippen LogP contribution in [0.3, 0.4) is 0 Å². The average molecular weight is 370 g/mol. The third-order valence-corrected chi connectivity index (χ3v) is 5.12. The summed E-state index contributed by atoms with van der Waals surface area (Å²) in [7, 11) is 1.78. The molecule has 1 N–H and O–H groups in total. The van der Waals surface area contributed by atoms with Gasteiger partial charge in [-0.1, -0.05) is 35.5 Å². The Hall–Kier alpha value is -2.34. The second-order valence-electron chi connectivity index (χ2n) is 7.52. The van der Waals surface area contributed by atoms with Crippen molar-refractivity contribution in [2.45, 2.75) is 32.7 Å². The van der Waals surface area contributed by atoms with Crippen molar-refractivity contribution in [3.05, 3.63) is 53.4 Å². The van der Waals surface area contributed by atoms with Gasteiger partial charge in [0, 0.05) is 32.7 Å². The van der Waals surface area contributed by atoms with Crippen LogP contribution >= 0.6 is 0 Å². The molecule has 2 aromatic rings. The fourth-order valence-electron chi connectivity index (χ4n) is 3.62. The minimum absolute atomic E-state index is 0.0644. The molecule has 27 heavy (non-hydrogen) atoms. The van der Waals surface area contributed by atoms with E-state index in [1.165, 1.54) is 18.4 Å². The van der Waals surface area contributed by atoms with Crippen LogP contribution in [0.5, 0.6) is 0 Å². The molecule has 2 amide bonds. The maximum absolute atomic E-state index is 12.3. The fourth-order valence-corrected chi connectivity index (χ4v) is 3.62. The minimum Gasteiger partial charge on any atom is -0.359 e. The summed E-state index contributed by atoms with van der Waals surface area (Å²) in [6.07, 6.45) is 3.45. The van der Waals surface area contributed by atoms with Crippen molar-refractivity contribution < 1.29 is 9.32 Å². The first-order valence-corrected chi connectivity index (χ1v) is 9.77. The molecule has 1 aliphatic heterocycles. The van der Waals surface area contributed by atoms with E-state index in [0.29, 0.717) is 18.2 Å². The van der Waals surface area contributed by atoms with E-state index in [4.69, 9.17) is 4.52 Å². The molecule has 0 radical (unpaired) electrons. The van der Waals surface area contributed by atoms with E-state index < -0.39 is 0 Å². The van der Waals surface area contributed by atoms with Gasteiger partial charge in [0.25, 0.3) is 0 Å². The predicted molar refractivity (Wildman–Crippen MR) is 105 cm³/mol. The zero-order chi connectivity index (χ0) is 19.1. The van der Waals surface area contributed by atoms with Gasteiger partial charge in [-0.05, 0) is 44.2 Å². The largest absolute Gasteiger partial charge is 0.359 e. The molecule has 1 unspecified atom stereocenters. The predicted octanol–water partition coefficient (Wildman–Crippen LogP) is 3.08. The quantitative estimate of drug-likeness (QED) is 0.814. The van der Waals surface area contributed by atoms with Crippen LogP contribution in [-0.4, -0.2) is 54.2 Å². The number of carbonyl (C=O) groups excluding carboxylic acids is 1. The molecule has 3 rings (SSSR count). The highest BCUT2D eigenvalue weighted by atomic mass is 16.5. The van der Waals surface area contributed by atoms with Crippen LogP contribution < -0.4 is 5.32 Å². The lowest BCUT2D eigenvalue weighted by atomic mass is 9.97. The number of piperidine rings is 1.